The summed E-state index contributed by atoms with van der Waals surface area (Å²) in [4.78, 5) is 64.9. The minimum Gasteiger partial charge on any atom is -0.356 e. The molecule has 1 aliphatic carbocycles. The van der Waals surface area contributed by atoms with Gasteiger partial charge in [-0.2, -0.15) is 54.0 Å². The highest BCUT2D eigenvalue weighted by molar-refractivity contribution is 7.59. The summed E-state index contributed by atoms with van der Waals surface area (Å²) in [6, 6.07) is -2.79. The van der Waals surface area contributed by atoms with E-state index in [4.69, 9.17) is 0 Å². The van der Waals surface area contributed by atoms with Crippen LogP contribution in [0.4, 0.5) is 4.79 Å². The van der Waals surface area contributed by atoms with Crippen molar-refractivity contribution in [3.63, 3.8) is 0 Å². The average molecular weight is 628 g/mol. The summed E-state index contributed by atoms with van der Waals surface area (Å²) in [5.41, 5.74) is -1.13. The van der Waals surface area contributed by atoms with Crippen molar-refractivity contribution in [2.45, 2.75) is 97.3 Å². The second-order valence-corrected chi connectivity index (χ2v) is 12.6. The molecule has 228 valence electrons. The van der Waals surface area contributed by atoms with Gasteiger partial charge in [0.15, 0.2) is 0 Å². The van der Waals surface area contributed by atoms with E-state index in [2.05, 4.69) is 21.3 Å². The van der Waals surface area contributed by atoms with Crippen molar-refractivity contribution in [2.75, 3.05) is 13.1 Å². The molecule has 0 bridgehead atoms. The lowest BCUT2D eigenvalue weighted by molar-refractivity contribution is -0.142. The molecule has 2 saturated heterocycles. The number of nitrogens with zero attached hydrogens (tertiary/aromatic N) is 1. The fourth-order valence-electron chi connectivity index (χ4n) is 4.99. The number of rotatable bonds is 7. The molecule has 10 nitrogen and oxygen atoms in total. The Kier molecular flexibility index (Phi) is 15.5. The fourth-order valence-corrected chi connectivity index (χ4v) is 4.99. The fraction of sp³-hybridized carbons (Fsp3) is 0.800. The number of hydrogen-bond donors (Lipinski definition) is 4. The van der Waals surface area contributed by atoms with Crippen LogP contribution in [-0.2, 0) is 19.2 Å². The monoisotopic (exact) mass is 627 g/mol. The summed E-state index contributed by atoms with van der Waals surface area (Å²) in [7, 11) is 0. The molecule has 0 unspecified atom stereocenters. The van der Waals surface area contributed by atoms with E-state index in [0.717, 1.165) is 12.8 Å². The predicted molar refractivity (Wildman–Crippen MR) is 172 cm³/mol. The first-order valence-electron chi connectivity index (χ1n) is 12.6. The second-order valence-electron chi connectivity index (χ2n) is 12.6. The summed E-state index contributed by atoms with van der Waals surface area (Å²) in [6.45, 7) is 12.2. The van der Waals surface area contributed by atoms with Gasteiger partial charge in [-0.1, -0.05) is 20.8 Å². The quantitative estimate of drug-likeness (QED) is 0.318. The van der Waals surface area contributed by atoms with Gasteiger partial charge in [0.25, 0.3) is 0 Å². The maximum Gasteiger partial charge on any atom is 0.315 e. The van der Waals surface area contributed by atoms with Gasteiger partial charge in [0.1, 0.15) is 18.4 Å². The van der Waals surface area contributed by atoms with Gasteiger partial charge in [0, 0.05) is 24.5 Å². The van der Waals surface area contributed by atoms with E-state index in [1.165, 1.54) is 0 Å². The van der Waals surface area contributed by atoms with Crippen LogP contribution in [0.2, 0.25) is 0 Å². The highest BCUT2D eigenvalue weighted by Crippen LogP contribution is 2.55. The van der Waals surface area contributed by atoms with Gasteiger partial charge < -0.3 is 31.0 Å². The van der Waals surface area contributed by atoms with E-state index < -0.39 is 35.1 Å². The Hall–Kier alpha value is -1.25. The molecule has 0 aromatic heterocycles. The van der Waals surface area contributed by atoms with E-state index in [1.54, 1.807) is 4.90 Å². The molecule has 0 aromatic carbocycles. The maximum absolute atomic E-state index is 13.8. The van der Waals surface area contributed by atoms with Crippen molar-refractivity contribution < 1.29 is 24.0 Å². The van der Waals surface area contributed by atoms with Crippen LogP contribution < -0.4 is 21.3 Å². The van der Waals surface area contributed by atoms with E-state index in [1.807, 2.05) is 41.5 Å². The first-order valence-corrected chi connectivity index (χ1v) is 12.6. The molecule has 14 heteroatoms. The van der Waals surface area contributed by atoms with Crippen molar-refractivity contribution in [1.82, 2.24) is 26.2 Å². The Morgan fingerprint density at radius 2 is 1.64 bits per heavy atom. The number of carbonyl (C=O) groups excluding carboxylic acids is 5. The first-order chi connectivity index (χ1) is 16.1. The van der Waals surface area contributed by atoms with Crippen molar-refractivity contribution in [3.8, 4) is 0 Å². The summed E-state index contributed by atoms with van der Waals surface area (Å²) < 4.78 is 0. The molecule has 5 amide bonds. The van der Waals surface area contributed by atoms with E-state index >= 15 is 0 Å². The number of urea groups is 1. The topological polar surface area (TPSA) is 137 Å². The Morgan fingerprint density at radius 1 is 1.05 bits per heavy atom. The molecule has 1 spiro atoms. The molecule has 3 fully saturated rings. The molecule has 1 saturated carbocycles. The Morgan fingerprint density at radius 3 is 2.08 bits per heavy atom. The third-order valence-corrected chi connectivity index (χ3v) is 7.12. The zero-order valence-electron chi connectivity index (χ0n) is 23.8. The molecule has 2 heterocycles. The Bertz CT molecular complexity index is 889. The first kappa shape index (κ1) is 39.9. The standard InChI is InChI=1S/C25H41N5O5.4H2S/c1-23(2,3)18(28-22(35)29-24(4,5)6)21(34)30-14-25(8-9-25)12-17(30)20(33)27-16(13-31)11-15-7-10-26-19(15)32;;;;/h13,15-18H,7-12,14H2,1-6H3,(H,26,32)(H,27,33)(H2,28,29,35);4*1H2/t15-,16-,17-,18+;;;;/m0..../s1. The van der Waals surface area contributed by atoms with Crippen LogP contribution in [0, 0.1) is 16.7 Å². The largest absolute Gasteiger partial charge is 0.356 e. The number of aldehydes is 1. The van der Waals surface area contributed by atoms with Crippen LogP contribution in [0.5, 0.6) is 0 Å². The third kappa shape index (κ3) is 10.6. The Labute approximate surface area is 260 Å². The minimum atomic E-state index is -0.835. The van der Waals surface area contributed by atoms with Gasteiger partial charge >= 0.3 is 6.03 Å². The van der Waals surface area contributed by atoms with E-state index in [0.29, 0.717) is 32.2 Å². The van der Waals surface area contributed by atoms with Gasteiger partial charge in [-0.05, 0) is 63.7 Å². The van der Waals surface area contributed by atoms with Gasteiger partial charge in [-0.25, -0.2) is 4.79 Å². The third-order valence-electron chi connectivity index (χ3n) is 7.12. The van der Waals surface area contributed by atoms with Crippen LogP contribution in [0.1, 0.15) is 73.6 Å². The zero-order chi connectivity index (χ0) is 26.2. The van der Waals surface area contributed by atoms with Gasteiger partial charge in [-0.3, -0.25) is 14.4 Å². The van der Waals surface area contributed by atoms with Crippen LogP contribution in [-0.4, -0.2) is 71.7 Å². The van der Waals surface area contributed by atoms with E-state index in [9.17, 15) is 24.0 Å². The van der Waals surface area contributed by atoms with Gasteiger partial charge in [0.2, 0.25) is 17.7 Å². The highest BCUT2D eigenvalue weighted by Gasteiger charge is 2.56. The molecule has 2 aliphatic heterocycles. The zero-order valence-corrected chi connectivity index (χ0v) is 27.8. The van der Waals surface area contributed by atoms with Crippen LogP contribution >= 0.6 is 54.0 Å². The van der Waals surface area contributed by atoms with Crippen LogP contribution in [0.25, 0.3) is 0 Å². The van der Waals surface area contributed by atoms with Crippen molar-refractivity contribution in [3.05, 3.63) is 0 Å². The number of amides is 5. The molecular weight excluding hydrogens is 579 g/mol. The average Bonchev–Trinajstić information content (AvgIpc) is 3.18. The van der Waals surface area contributed by atoms with Crippen LogP contribution in [0.15, 0.2) is 0 Å². The normalized spacial score (nSPS) is 22.4. The van der Waals surface area contributed by atoms with Gasteiger partial charge in [0.05, 0.1) is 6.04 Å². The minimum absolute atomic E-state index is 0. The lowest BCUT2D eigenvalue weighted by Crippen LogP contribution is -2.60. The van der Waals surface area contributed by atoms with Crippen LogP contribution in [0.3, 0.4) is 0 Å². The lowest BCUT2D eigenvalue weighted by atomic mass is 9.85. The smallest absolute Gasteiger partial charge is 0.315 e. The summed E-state index contributed by atoms with van der Waals surface area (Å²) >= 11 is 0. The molecule has 39 heavy (non-hydrogen) atoms. The molecular formula is C25H49N5O5S4. The number of hydrogen-bond acceptors (Lipinski definition) is 5. The number of carbonyl (C=O) groups is 5. The SMILES string of the molecule is CC(C)(C)NC(=O)N[C@H](C(=O)N1CC2(CC2)C[C@H]1C(=O)N[C@H](C=O)C[C@@H]1CCNC1=O)C(C)(C)C.S.S.S.S. The predicted octanol–water partition coefficient (Wildman–Crippen LogP) is 1.54. The van der Waals surface area contributed by atoms with Crippen molar-refractivity contribution in [1.29, 1.82) is 0 Å². The maximum atomic E-state index is 13.8. The molecule has 4 N–H and O–H groups in total. The molecule has 0 aromatic rings. The number of nitrogens with one attached hydrogen (secondary N) is 4. The van der Waals surface area contributed by atoms with Crippen molar-refractivity contribution in [2.24, 2.45) is 16.7 Å². The molecule has 3 rings (SSSR count). The summed E-state index contributed by atoms with van der Waals surface area (Å²) in [5, 5.41) is 11.2. The Balaban J connectivity index is 0. The van der Waals surface area contributed by atoms with Crippen molar-refractivity contribution >= 4 is 84.0 Å². The molecule has 4 atom stereocenters. The summed E-state index contributed by atoms with van der Waals surface area (Å²) in [6.07, 6.45) is 3.95. The highest BCUT2D eigenvalue weighted by atomic mass is 32.1. The second kappa shape index (κ2) is 15.1. The van der Waals surface area contributed by atoms with Gasteiger partial charge in [-0.15, -0.1) is 0 Å². The summed E-state index contributed by atoms with van der Waals surface area (Å²) in [5.74, 6) is -1.10. The molecule has 3 aliphatic rings. The van der Waals surface area contributed by atoms with E-state index in [-0.39, 0.29) is 89.5 Å². The lowest BCUT2D eigenvalue weighted by Gasteiger charge is -2.36. The number of likely N-dealkylation sites (tertiary alicyclic amines) is 1. The molecule has 0 radical (unpaired) electrons.